The molecule has 20 heavy (non-hydrogen) atoms. The Kier molecular flexibility index (Phi) is 4.36. The normalized spacial score (nSPS) is 28.4. The highest BCUT2D eigenvalue weighted by molar-refractivity contribution is 4.99. The van der Waals surface area contributed by atoms with Crippen molar-refractivity contribution in [3.8, 4) is 0 Å². The number of nitrogens with one attached hydrogen (secondary N) is 1. The minimum atomic E-state index is 0.442. The minimum absolute atomic E-state index is 0.442. The molecule has 3 rings (SSSR count). The van der Waals surface area contributed by atoms with Crippen LogP contribution in [0.4, 0.5) is 0 Å². The highest BCUT2D eigenvalue weighted by Gasteiger charge is 2.27. The Morgan fingerprint density at radius 3 is 3.00 bits per heavy atom. The lowest BCUT2D eigenvalue weighted by Crippen LogP contribution is -2.29. The predicted molar refractivity (Wildman–Crippen MR) is 77.7 cm³/mol. The van der Waals surface area contributed by atoms with Crippen LogP contribution in [0.5, 0.6) is 0 Å². The molecule has 1 N–H and O–H groups in total. The van der Waals surface area contributed by atoms with Crippen molar-refractivity contribution in [3.63, 3.8) is 0 Å². The number of rotatable bonds is 4. The summed E-state index contributed by atoms with van der Waals surface area (Å²) in [5.41, 5.74) is 0. The summed E-state index contributed by atoms with van der Waals surface area (Å²) in [6, 6.07) is 0.645. The van der Waals surface area contributed by atoms with Crippen LogP contribution in [-0.4, -0.2) is 47.3 Å². The largest absolute Gasteiger partial charge is 0.339 e. The van der Waals surface area contributed by atoms with Crippen LogP contribution in [0.15, 0.2) is 4.52 Å². The number of nitrogens with zero attached hydrogens (tertiary/aromatic N) is 3. The Morgan fingerprint density at radius 1 is 1.40 bits per heavy atom. The Labute approximate surface area is 121 Å². The fourth-order valence-electron chi connectivity index (χ4n) is 3.33. The Bertz CT molecular complexity index is 425. The van der Waals surface area contributed by atoms with E-state index in [2.05, 4.69) is 34.2 Å². The van der Waals surface area contributed by atoms with E-state index < -0.39 is 0 Å². The summed E-state index contributed by atoms with van der Waals surface area (Å²) in [6.07, 6.45) is 4.58. The van der Waals surface area contributed by atoms with Crippen molar-refractivity contribution in [3.05, 3.63) is 11.7 Å². The molecule has 2 saturated heterocycles. The van der Waals surface area contributed by atoms with E-state index in [-0.39, 0.29) is 0 Å². The third-order valence-electron chi connectivity index (χ3n) is 4.66. The molecule has 0 aromatic carbocycles. The van der Waals surface area contributed by atoms with E-state index in [9.17, 15) is 0 Å². The van der Waals surface area contributed by atoms with Gasteiger partial charge in [-0.2, -0.15) is 4.98 Å². The monoisotopic (exact) mass is 278 g/mol. The SMILES string of the molecule is CC(C)N1CCC(Cc2nc(C3CCCNC3)no2)C1. The molecule has 0 saturated carbocycles. The van der Waals surface area contributed by atoms with Crippen molar-refractivity contribution in [2.24, 2.45) is 5.92 Å². The lowest BCUT2D eigenvalue weighted by atomic mass is 9.99. The molecular weight excluding hydrogens is 252 g/mol. The van der Waals surface area contributed by atoms with Gasteiger partial charge in [-0.05, 0) is 52.1 Å². The van der Waals surface area contributed by atoms with Gasteiger partial charge in [0.1, 0.15) is 0 Å². The molecule has 1 aromatic rings. The Morgan fingerprint density at radius 2 is 2.30 bits per heavy atom. The van der Waals surface area contributed by atoms with Gasteiger partial charge in [0.2, 0.25) is 5.89 Å². The first-order chi connectivity index (χ1) is 9.72. The summed E-state index contributed by atoms with van der Waals surface area (Å²) in [5.74, 6) is 2.86. The van der Waals surface area contributed by atoms with Crippen molar-refractivity contribution < 1.29 is 4.52 Å². The molecule has 0 bridgehead atoms. The average Bonchev–Trinajstić information content (AvgIpc) is 3.10. The average molecular weight is 278 g/mol. The summed E-state index contributed by atoms with van der Waals surface area (Å²) in [4.78, 5) is 7.17. The molecule has 2 aliphatic rings. The van der Waals surface area contributed by atoms with Gasteiger partial charge in [-0.15, -0.1) is 0 Å². The lowest BCUT2D eigenvalue weighted by Gasteiger charge is -2.19. The molecular formula is C15H26N4O. The molecule has 0 aliphatic carbocycles. The van der Waals surface area contributed by atoms with E-state index in [1.165, 1.54) is 32.4 Å². The zero-order chi connectivity index (χ0) is 13.9. The molecule has 0 amide bonds. The standard InChI is InChI=1S/C15H26N4O/c1-11(2)19-7-5-12(10-19)8-14-17-15(18-20-14)13-4-3-6-16-9-13/h11-13,16H,3-10H2,1-2H3. The fourth-order valence-corrected chi connectivity index (χ4v) is 3.33. The molecule has 3 heterocycles. The zero-order valence-electron chi connectivity index (χ0n) is 12.6. The van der Waals surface area contributed by atoms with Gasteiger partial charge in [-0.3, -0.25) is 0 Å². The van der Waals surface area contributed by atoms with E-state index in [1.807, 2.05) is 0 Å². The van der Waals surface area contributed by atoms with Crippen LogP contribution >= 0.6 is 0 Å². The first-order valence-corrected chi connectivity index (χ1v) is 7.99. The van der Waals surface area contributed by atoms with Crippen molar-refractivity contribution in [2.45, 2.75) is 51.5 Å². The second-order valence-corrected chi connectivity index (χ2v) is 6.54. The third-order valence-corrected chi connectivity index (χ3v) is 4.66. The van der Waals surface area contributed by atoms with Crippen LogP contribution in [-0.2, 0) is 6.42 Å². The molecule has 2 atom stereocenters. The first-order valence-electron chi connectivity index (χ1n) is 7.99. The maximum atomic E-state index is 5.47. The van der Waals surface area contributed by atoms with Gasteiger partial charge in [-0.25, -0.2) is 0 Å². The lowest BCUT2D eigenvalue weighted by molar-refractivity contribution is 0.260. The van der Waals surface area contributed by atoms with Crippen LogP contribution in [0.3, 0.4) is 0 Å². The van der Waals surface area contributed by atoms with Gasteiger partial charge in [0.05, 0.1) is 0 Å². The van der Waals surface area contributed by atoms with Gasteiger partial charge in [0.25, 0.3) is 0 Å². The number of likely N-dealkylation sites (tertiary alicyclic amines) is 1. The maximum absolute atomic E-state index is 5.47. The van der Waals surface area contributed by atoms with E-state index >= 15 is 0 Å². The molecule has 5 heteroatoms. The molecule has 5 nitrogen and oxygen atoms in total. The van der Waals surface area contributed by atoms with Gasteiger partial charge < -0.3 is 14.7 Å². The molecule has 112 valence electrons. The van der Waals surface area contributed by atoms with Crippen molar-refractivity contribution in [1.82, 2.24) is 20.4 Å². The second kappa shape index (κ2) is 6.22. The van der Waals surface area contributed by atoms with Crippen LogP contribution in [0.25, 0.3) is 0 Å². The second-order valence-electron chi connectivity index (χ2n) is 6.54. The summed E-state index contributed by atoms with van der Waals surface area (Å²) in [5, 5.41) is 7.60. The van der Waals surface area contributed by atoms with Gasteiger partial charge in [-0.1, -0.05) is 5.16 Å². The third kappa shape index (κ3) is 3.20. The van der Waals surface area contributed by atoms with Crippen LogP contribution in [0, 0.1) is 5.92 Å². The smallest absolute Gasteiger partial charge is 0.226 e. The predicted octanol–water partition coefficient (Wildman–Crippen LogP) is 1.81. The van der Waals surface area contributed by atoms with Crippen molar-refractivity contribution in [2.75, 3.05) is 26.2 Å². The summed E-state index contributed by atoms with van der Waals surface area (Å²) < 4.78 is 5.47. The summed E-state index contributed by atoms with van der Waals surface area (Å²) >= 11 is 0. The molecule has 1 aromatic heterocycles. The van der Waals surface area contributed by atoms with Gasteiger partial charge >= 0.3 is 0 Å². The molecule has 2 fully saturated rings. The van der Waals surface area contributed by atoms with Crippen molar-refractivity contribution in [1.29, 1.82) is 0 Å². The van der Waals surface area contributed by atoms with Crippen molar-refractivity contribution >= 4 is 0 Å². The van der Waals surface area contributed by atoms with Gasteiger partial charge in [0.15, 0.2) is 5.82 Å². The molecule has 0 spiro atoms. The maximum Gasteiger partial charge on any atom is 0.226 e. The minimum Gasteiger partial charge on any atom is -0.339 e. The van der Waals surface area contributed by atoms with Crippen LogP contribution < -0.4 is 5.32 Å². The molecule has 0 radical (unpaired) electrons. The fraction of sp³-hybridized carbons (Fsp3) is 0.867. The first kappa shape index (κ1) is 14.0. The van der Waals surface area contributed by atoms with Crippen LogP contribution in [0.2, 0.25) is 0 Å². The van der Waals surface area contributed by atoms with E-state index in [4.69, 9.17) is 4.52 Å². The number of hydrogen-bond acceptors (Lipinski definition) is 5. The number of hydrogen-bond donors (Lipinski definition) is 1. The number of piperidine rings is 1. The van der Waals surface area contributed by atoms with E-state index in [0.717, 1.165) is 31.2 Å². The van der Waals surface area contributed by atoms with E-state index in [0.29, 0.717) is 17.9 Å². The van der Waals surface area contributed by atoms with E-state index in [1.54, 1.807) is 0 Å². The quantitative estimate of drug-likeness (QED) is 0.910. The molecule has 2 unspecified atom stereocenters. The highest BCUT2D eigenvalue weighted by Crippen LogP contribution is 2.24. The summed E-state index contributed by atoms with van der Waals surface area (Å²) in [7, 11) is 0. The van der Waals surface area contributed by atoms with Crippen LogP contribution in [0.1, 0.15) is 50.7 Å². The topological polar surface area (TPSA) is 54.2 Å². The highest BCUT2D eigenvalue weighted by atomic mass is 16.5. The zero-order valence-corrected chi connectivity index (χ0v) is 12.6. The number of aromatic nitrogens is 2. The Balaban J connectivity index is 1.55. The summed E-state index contributed by atoms with van der Waals surface area (Å²) in [6.45, 7) is 9.01. The van der Waals surface area contributed by atoms with Gasteiger partial charge in [0, 0.05) is 31.5 Å². The molecule has 2 aliphatic heterocycles. The Hall–Kier alpha value is -0.940.